The molecule has 0 amide bonds. The van der Waals surface area contributed by atoms with Crippen molar-refractivity contribution in [1.82, 2.24) is 0 Å². The Morgan fingerprint density at radius 3 is 1.68 bits per heavy atom. The molecule has 0 unspecified atom stereocenters. The summed E-state index contributed by atoms with van der Waals surface area (Å²) in [4.78, 5) is 0. The fourth-order valence-electron chi connectivity index (χ4n) is 5.84. The Morgan fingerprint density at radius 2 is 1.26 bits per heavy atom. The molecule has 2 aromatic rings. The van der Waals surface area contributed by atoms with Gasteiger partial charge in [0.25, 0.3) is 0 Å². The molecule has 180 valence electrons. The first-order valence-electron chi connectivity index (χ1n) is 12.5. The Hall–Kier alpha value is 0.0338. The van der Waals surface area contributed by atoms with Crippen LogP contribution in [0.2, 0.25) is 51.4 Å². The van der Waals surface area contributed by atoms with Crippen LogP contribution in [0.1, 0.15) is 34.0 Å². The van der Waals surface area contributed by atoms with Crippen molar-refractivity contribution in [3.8, 4) is 11.1 Å². The van der Waals surface area contributed by atoms with Gasteiger partial charge in [0.1, 0.15) is 0 Å². The van der Waals surface area contributed by atoms with Crippen molar-refractivity contribution in [3.05, 3.63) is 69.0 Å². The number of benzene rings is 2. The minimum Gasteiger partial charge on any atom is -1.00 e. The van der Waals surface area contributed by atoms with E-state index in [0.29, 0.717) is 0 Å². The van der Waals surface area contributed by atoms with E-state index < -0.39 is 36.5 Å². The number of rotatable bonds is 4. The van der Waals surface area contributed by atoms with E-state index in [4.69, 9.17) is 0 Å². The molecule has 0 aromatic heterocycles. The molecule has 1 fully saturated rings. The molecule has 1 saturated heterocycles. The van der Waals surface area contributed by atoms with Gasteiger partial charge in [-0.25, -0.2) is 0 Å². The number of hydrogen-bond acceptors (Lipinski definition) is 0. The third kappa shape index (κ3) is 5.34. The van der Waals surface area contributed by atoms with E-state index in [1.807, 2.05) is 3.28 Å². The summed E-state index contributed by atoms with van der Waals surface area (Å²) in [5, 5.41) is 3.31. The molecule has 1 aliphatic heterocycles. The van der Waals surface area contributed by atoms with E-state index in [9.17, 15) is 0 Å². The van der Waals surface area contributed by atoms with Crippen LogP contribution in [-0.2, 0) is 20.4 Å². The first-order valence-corrected chi connectivity index (χ1v) is 27.8. The average molecular weight is 621 g/mol. The van der Waals surface area contributed by atoms with Crippen LogP contribution in [-0.4, -0.2) is 21.6 Å². The molecular weight excluding hydrogens is 583 g/mol. The predicted molar refractivity (Wildman–Crippen MR) is 146 cm³/mol. The van der Waals surface area contributed by atoms with Gasteiger partial charge in [-0.15, -0.1) is 0 Å². The summed E-state index contributed by atoms with van der Waals surface area (Å²) in [6.07, 6.45) is 11.7. The van der Waals surface area contributed by atoms with Crippen molar-refractivity contribution in [2.75, 3.05) is 0 Å². The third-order valence-electron chi connectivity index (χ3n) is 7.74. The number of hydrogen-bond donors (Lipinski definition) is 0. The summed E-state index contributed by atoms with van der Waals surface area (Å²) in [5.41, 5.74) is 6.48. The van der Waals surface area contributed by atoms with Crippen molar-refractivity contribution < 1.29 is 45.2 Å². The maximum absolute atomic E-state index is 2.71. The average Bonchev–Trinajstić information content (AvgIpc) is 3.48. The normalized spacial score (nSPS) is 16.9. The number of halogens is 2. The molecule has 0 bridgehead atoms. The molecule has 3 aliphatic rings. The fourth-order valence-corrected chi connectivity index (χ4v) is 32.2. The molecule has 0 radical (unpaired) electrons. The maximum Gasteiger partial charge on any atom is -1.00 e. The molecule has 0 N–H and O–H groups in total. The van der Waals surface area contributed by atoms with Gasteiger partial charge >= 0.3 is 207 Å². The summed E-state index contributed by atoms with van der Waals surface area (Å²) in [7, 11) is -2.68. The second kappa shape index (κ2) is 10.8. The van der Waals surface area contributed by atoms with Crippen molar-refractivity contribution in [1.29, 1.82) is 0 Å². The Morgan fingerprint density at radius 1 is 0.765 bits per heavy atom. The van der Waals surface area contributed by atoms with Crippen LogP contribution in [0, 0.1) is 0 Å². The van der Waals surface area contributed by atoms with Gasteiger partial charge in [-0.3, -0.25) is 0 Å². The molecule has 0 atom stereocenters. The van der Waals surface area contributed by atoms with Crippen LogP contribution >= 0.6 is 0 Å². The monoisotopic (exact) mass is 618 g/mol. The van der Waals surface area contributed by atoms with Crippen LogP contribution in [0.15, 0.2) is 57.9 Å². The Kier molecular flexibility index (Phi) is 9.08. The van der Waals surface area contributed by atoms with E-state index in [-0.39, 0.29) is 30.2 Å². The summed E-state index contributed by atoms with van der Waals surface area (Å²) >= 11 is -1.85. The van der Waals surface area contributed by atoms with Crippen molar-refractivity contribution >= 4 is 32.0 Å². The molecule has 1 heterocycles. The van der Waals surface area contributed by atoms with E-state index in [1.54, 1.807) is 44.7 Å². The molecule has 0 nitrogen and oxygen atoms in total. The molecule has 5 rings (SSSR count). The second-order valence-corrected chi connectivity index (χ2v) is 37.9. The molecule has 6 heteroatoms. The molecule has 0 saturated carbocycles. The zero-order chi connectivity index (χ0) is 22.7. The van der Waals surface area contributed by atoms with Gasteiger partial charge in [-0.05, 0) is 0 Å². The van der Waals surface area contributed by atoms with Gasteiger partial charge in [0.05, 0.1) is 0 Å². The van der Waals surface area contributed by atoms with E-state index in [1.165, 1.54) is 19.3 Å². The first kappa shape index (κ1) is 28.6. The summed E-state index contributed by atoms with van der Waals surface area (Å²) in [5.74, 6) is 0. The fraction of sp³-hybridized carbons (Fsp3) is 0.429. The SMILES string of the molecule is C[Si](C)(C)c1ccc2c(c1)[CH]([Zr+2]([C]1=CC=CC1)=[Si]1CCCC1)c1cc([Si](C)(C)C)ccc1-2.[Cl-].[Cl-]. The zero-order valence-electron chi connectivity index (χ0n) is 21.6. The van der Waals surface area contributed by atoms with Gasteiger partial charge in [-0.2, -0.15) is 0 Å². The van der Waals surface area contributed by atoms with Gasteiger partial charge < -0.3 is 24.8 Å². The van der Waals surface area contributed by atoms with Crippen molar-refractivity contribution in [2.45, 2.75) is 74.3 Å². The Bertz CT molecular complexity index is 1110. The smallest absolute Gasteiger partial charge is 1.00 e. The van der Waals surface area contributed by atoms with Gasteiger partial charge in [0, 0.05) is 0 Å². The molecule has 0 spiro atoms. The summed E-state index contributed by atoms with van der Waals surface area (Å²) in [6.45, 7) is 15.1. The topological polar surface area (TPSA) is 0 Å². The van der Waals surface area contributed by atoms with Crippen LogP contribution in [0.3, 0.4) is 0 Å². The zero-order valence-corrected chi connectivity index (χ0v) is 28.5. The maximum atomic E-state index is 2.71. The second-order valence-electron chi connectivity index (χ2n) is 12.1. The molecule has 2 aromatic carbocycles. The van der Waals surface area contributed by atoms with Crippen molar-refractivity contribution in [2.24, 2.45) is 0 Å². The van der Waals surface area contributed by atoms with E-state index in [0.717, 1.165) is 3.63 Å². The summed E-state index contributed by atoms with van der Waals surface area (Å²) in [6, 6.07) is 18.6. The van der Waals surface area contributed by atoms with Crippen LogP contribution in [0.5, 0.6) is 0 Å². The van der Waals surface area contributed by atoms with Gasteiger partial charge in [0.2, 0.25) is 0 Å². The van der Waals surface area contributed by atoms with Crippen LogP contribution < -0.4 is 35.2 Å². The summed E-state index contributed by atoms with van der Waals surface area (Å²) < 4.78 is 2.71. The number of fused-ring (bicyclic) bond motifs is 3. The number of allylic oxidation sites excluding steroid dienone is 4. The first-order chi connectivity index (χ1) is 15.1. The van der Waals surface area contributed by atoms with Crippen LogP contribution in [0.4, 0.5) is 0 Å². The van der Waals surface area contributed by atoms with Gasteiger partial charge in [0.15, 0.2) is 0 Å². The standard InChI is InChI=1S/C19H25Si2.C5H5.C4H8Si.2ClH.Zr/c1-20(2,3)16-7-9-18-14(12-16)11-15-13-17(21(4,5)6)8-10-19(15)18;2*1-2-4-5-3-1;;;/h7-13H,1-6H3;1-3H,4H2;1-4H2;2*1H;/q;;;;;+2/p-2. The van der Waals surface area contributed by atoms with Gasteiger partial charge in [-0.1, -0.05) is 0 Å². The Balaban J connectivity index is 0.00000162. The van der Waals surface area contributed by atoms with E-state index >= 15 is 0 Å². The minimum absolute atomic E-state index is 0. The van der Waals surface area contributed by atoms with Crippen LogP contribution in [0.25, 0.3) is 11.1 Å². The predicted octanol–water partition coefficient (Wildman–Crippen LogP) is 1.10. The molecule has 2 aliphatic carbocycles. The molecular formula is C28H38Cl2Si3Zr. The molecule has 34 heavy (non-hydrogen) atoms. The third-order valence-corrected chi connectivity index (χ3v) is 33.0. The Labute approximate surface area is 229 Å². The largest absolute Gasteiger partial charge is 1.00 e. The van der Waals surface area contributed by atoms with E-state index in [2.05, 4.69) is 93.9 Å². The quantitative estimate of drug-likeness (QED) is 0.450. The van der Waals surface area contributed by atoms with Crippen molar-refractivity contribution in [3.63, 3.8) is 0 Å². The minimum atomic E-state index is -1.85.